The molecular weight excluding hydrogens is 308 g/mol. The van der Waals surface area contributed by atoms with E-state index >= 15 is 0 Å². The highest BCUT2D eigenvalue weighted by molar-refractivity contribution is 7.80. The van der Waals surface area contributed by atoms with E-state index in [1.54, 1.807) is 18.2 Å². The predicted molar refractivity (Wildman–Crippen MR) is 89.1 cm³/mol. The van der Waals surface area contributed by atoms with Crippen LogP contribution in [-0.4, -0.2) is 18.2 Å². The van der Waals surface area contributed by atoms with Gasteiger partial charge in [0.15, 0.2) is 5.11 Å². The maximum Gasteiger partial charge on any atom is 0.337 e. The van der Waals surface area contributed by atoms with Crippen LogP contribution >= 0.6 is 23.8 Å². The topological polar surface area (TPSA) is 50.4 Å². The van der Waals surface area contributed by atoms with Crippen molar-refractivity contribution in [3.63, 3.8) is 0 Å². The maximum absolute atomic E-state index is 11.5. The molecule has 0 atom stereocenters. The SMILES string of the molecule is COC(=O)c1ccc(Cl)c(NC(=S)Nc2ccccc2)c1. The molecule has 0 spiro atoms. The molecule has 2 aromatic rings. The smallest absolute Gasteiger partial charge is 0.337 e. The molecule has 108 valence electrons. The molecule has 0 fully saturated rings. The maximum atomic E-state index is 11.5. The van der Waals surface area contributed by atoms with Crippen LogP contribution in [0.5, 0.6) is 0 Å². The number of esters is 1. The summed E-state index contributed by atoms with van der Waals surface area (Å²) in [4.78, 5) is 11.5. The highest BCUT2D eigenvalue weighted by atomic mass is 35.5. The molecule has 0 radical (unpaired) electrons. The van der Waals surface area contributed by atoms with E-state index in [0.717, 1.165) is 5.69 Å². The molecule has 0 aliphatic heterocycles. The van der Waals surface area contributed by atoms with Crippen molar-refractivity contribution < 1.29 is 9.53 Å². The molecule has 0 saturated carbocycles. The van der Waals surface area contributed by atoms with Gasteiger partial charge >= 0.3 is 5.97 Å². The van der Waals surface area contributed by atoms with Crippen molar-refractivity contribution in [3.8, 4) is 0 Å². The first kappa shape index (κ1) is 15.3. The van der Waals surface area contributed by atoms with Crippen molar-refractivity contribution in [2.75, 3.05) is 17.7 Å². The fraction of sp³-hybridized carbons (Fsp3) is 0.0667. The van der Waals surface area contributed by atoms with Gasteiger partial charge in [-0.15, -0.1) is 0 Å². The summed E-state index contributed by atoms with van der Waals surface area (Å²) >= 11 is 11.3. The fourth-order valence-corrected chi connectivity index (χ4v) is 2.06. The van der Waals surface area contributed by atoms with Gasteiger partial charge in [-0.2, -0.15) is 0 Å². The number of para-hydroxylation sites is 1. The van der Waals surface area contributed by atoms with Crippen molar-refractivity contribution in [1.29, 1.82) is 0 Å². The van der Waals surface area contributed by atoms with Crippen LogP contribution in [0.25, 0.3) is 0 Å². The summed E-state index contributed by atoms with van der Waals surface area (Å²) in [5.74, 6) is -0.434. The summed E-state index contributed by atoms with van der Waals surface area (Å²) in [7, 11) is 1.33. The number of ether oxygens (including phenoxy) is 1. The van der Waals surface area contributed by atoms with Gasteiger partial charge in [0.25, 0.3) is 0 Å². The van der Waals surface area contributed by atoms with Crippen LogP contribution in [0, 0.1) is 0 Å². The van der Waals surface area contributed by atoms with Crippen LogP contribution in [0.2, 0.25) is 5.02 Å². The Labute approximate surface area is 133 Å². The Hall–Kier alpha value is -2.11. The van der Waals surface area contributed by atoms with Gasteiger partial charge in [-0.3, -0.25) is 0 Å². The summed E-state index contributed by atoms with van der Waals surface area (Å²) in [5.41, 5.74) is 1.79. The molecule has 0 bridgehead atoms. The Morgan fingerprint density at radius 1 is 1.14 bits per heavy atom. The zero-order valence-corrected chi connectivity index (χ0v) is 12.8. The molecule has 0 unspecified atom stereocenters. The van der Waals surface area contributed by atoms with Crippen LogP contribution in [0.15, 0.2) is 48.5 Å². The number of carbonyl (C=O) groups is 1. The number of methoxy groups -OCH3 is 1. The number of anilines is 2. The van der Waals surface area contributed by atoms with E-state index in [1.807, 2.05) is 30.3 Å². The van der Waals surface area contributed by atoms with E-state index in [9.17, 15) is 4.79 Å². The van der Waals surface area contributed by atoms with E-state index in [-0.39, 0.29) is 0 Å². The zero-order chi connectivity index (χ0) is 15.2. The third kappa shape index (κ3) is 4.18. The third-order valence-electron chi connectivity index (χ3n) is 2.67. The number of carbonyl (C=O) groups excluding carboxylic acids is 1. The number of hydrogen-bond donors (Lipinski definition) is 2. The van der Waals surface area contributed by atoms with Crippen molar-refractivity contribution in [3.05, 3.63) is 59.1 Å². The molecule has 0 amide bonds. The normalized spacial score (nSPS) is 9.81. The second-order valence-corrected chi connectivity index (χ2v) is 4.95. The molecule has 0 saturated heterocycles. The van der Waals surface area contributed by atoms with Gasteiger partial charge in [-0.05, 0) is 42.5 Å². The Morgan fingerprint density at radius 3 is 2.52 bits per heavy atom. The first-order valence-electron chi connectivity index (χ1n) is 6.11. The summed E-state index contributed by atoms with van der Waals surface area (Å²) in [6, 6.07) is 14.3. The Kier molecular flexibility index (Phi) is 5.14. The predicted octanol–water partition coefficient (Wildman–Crippen LogP) is 3.94. The van der Waals surface area contributed by atoms with Crippen molar-refractivity contribution >= 4 is 46.3 Å². The third-order valence-corrected chi connectivity index (χ3v) is 3.20. The van der Waals surface area contributed by atoms with Gasteiger partial charge in [0.1, 0.15) is 0 Å². The monoisotopic (exact) mass is 320 g/mol. The van der Waals surface area contributed by atoms with Gasteiger partial charge < -0.3 is 15.4 Å². The number of halogens is 1. The standard InChI is InChI=1S/C15H13ClN2O2S/c1-20-14(19)10-7-8-12(16)13(9-10)18-15(21)17-11-5-3-2-4-6-11/h2-9H,1H3,(H2,17,18,21). The summed E-state index contributed by atoms with van der Waals surface area (Å²) in [6.07, 6.45) is 0. The Balaban J connectivity index is 2.11. The number of benzene rings is 2. The summed E-state index contributed by atoms with van der Waals surface area (Å²) in [6.45, 7) is 0. The molecule has 2 N–H and O–H groups in total. The molecule has 0 aromatic heterocycles. The number of rotatable bonds is 3. The molecule has 2 rings (SSSR count). The molecule has 21 heavy (non-hydrogen) atoms. The molecule has 4 nitrogen and oxygen atoms in total. The molecule has 6 heteroatoms. The molecular formula is C15H13ClN2O2S. The van der Waals surface area contributed by atoms with Gasteiger partial charge in [-0.25, -0.2) is 4.79 Å². The lowest BCUT2D eigenvalue weighted by Gasteiger charge is -2.12. The van der Waals surface area contributed by atoms with Crippen LogP contribution in [-0.2, 0) is 4.74 Å². The van der Waals surface area contributed by atoms with E-state index in [1.165, 1.54) is 7.11 Å². The summed E-state index contributed by atoms with van der Waals surface area (Å²) < 4.78 is 4.67. The second kappa shape index (κ2) is 7.06. The van der Waals surface area contributed by atoms with Gasteiger partial charge in [0.2, 0.25) is 0 Å². The lowest BCUT2D eigenvalue weighted by molar-refractivity contribution is 0.0601. The Bertz CT molecular complexity index is 662. The van der Waals surface area contributed by atoms with Gasteiger partial charge in [-0.1, -0.05) is 29.8 Å². The number of nitrogens with one attached hydrogen (secondary N) is 2. The lowest BCUT2D eigenvalue weighted by Crippen LogP contribution is -2.19. The van der Waals surface area contributed by atoms with Crippen molar-refractivity contribution in [2.45, 2.75) is 0 Å². The quantitative estimate of drug-likeness (QED) is 0.663. The van der Waals surface area contributed by atoms with Gasteiger partial charge in [0.05, 0.1) is 23.4 Å². The zero-order valence-electron chi connectivity index (χ0n) is 11.2. The Morgan fingerprint density at radius 2 is 1.86 bits per heavy atom. The number of hydrogen-bond acceptors (Lipinski definition) is 3. The fourth-order valence-electron chi connectivity index (χ4n) is 1.67. The van der Waals surface area contributed by atoms with E-state index in [4.69, 9.17) is 23.8 Å². The van der Waals surface area contributed by atoms with E-state index in [2.05, 4.69) is 15.4 Å². The van der Waals surface area contributed by atoms with E-state index < -0.39 is 5.97 Å². The van der Waals surface area contributed by atoms with Crippen LogP contribution < -0.4 is 10.6 Å². The highest BCUT2D eigenvalue weighted by Crippen LogP contribution is 2.23. The highest BCUT2D eigenvalue weighted by Gasteiger charge is 2.10. The largest absolute Gasteiger partial charge is 0.465 e. The lowest BCUT2D eigenvalue weighted by atomic mass is 10.2. The van der Waals surface area contributed by atoms with Crippen LogP contribution in [0.3, 0.4) is 0 Å². The molecule has 0 aliphatic carbocycles. The minimum atomic E-state index is -0.434. The second-order valence-electron chi connectivity index (χ2n) is 4.13. The van der Waals surface area contributed by atoms with Crippen LogP contribution in [0.1, 0.15) is 10.4 Å². The van der Waals surface area contributed by atoms with Crippen molar-refractivity contribution in [1.82, 2.24) is 0 Å². The van der Waals surface area contributed by atoms with E-state index in [0.29, 0.717) is 21.4 Å². The molecule has 2 aromatic carbocycles. The average Bonchev–Trinajstić information content (AvgIpc) is 2.49. The first-order valence-corrected chi connectivity index (χ1v) is 6.89. The molecule has 0 aliphatic rings. The van der Waals surface area contributed by atoms with Crippen molar-refractivity contribution in [2.24, 2.45) is 0 Å². The minimum absolute atomic E-state index is 0.380. The van der Waals surface area contributed by atoms with Gasteiger partial charge in [0, 0.05) is 5.69 Å². The average molecular weight is 321 g/mol. The summed E-state index contributed by atoms with van der Waals surface area (Å²) in [5, 5.41) is 6.82. The minimum Gasteiger partial charge on any atom is -0.465 e. The van der Waals surface area contributed by atoms with Crippen LogP contribution in [0.4, 0.5) is 11.4 Å². The first-order chi connectivity index (χ1) is 10.1. The molecule has 0 heterocycles. The number of thiocarbonyl (C=S) groups is 1.